The van der Waals surface area contributed by atoms with Crippen LogP contribution in [0.2, 0.25) is 20.1 Å². The molecule has 0 N–H and O–H groups in total. The Morgan fingerprint density at radius 2 is 1.00 bits per heavy atom. The molecule has 0 aromatic heterocycles. The van der Waals surface area contributed by atoms with E-state index >= 15 is 0 Å². The van der Waals surface area contributed by atoms with Gasteiger partial charge in [-0.2, -0.15) is 0 Å². The van der Waals surface area contributed by atoms with Crippen molar-refractivity contribution in [2.75, 3.05) is 0 Å². The van der Waals surface area contributed by atoms with Crippen LogP contribution in [0.4, 0.5) is 0 Å². The zero-order chi connectivity index (χ0) is 14.0. The van der Waals surface area contributed by atoms with Crippen LogP contribution in [-0.4, -0.2) is 11.9 Å². The molecule has 0 saturated carbocycles. The fourth-order valence-corrected chi connectivity index (χ4v) is 1.96. The molecule has 0 amide bonds. The van der Waals surface area contributed by atoms with Crippen LogP contribution in [0.5, 0.6) is 11.5 Å². The van der Waals surface area contributed by atoms with Gasteiger partial charge in [-0.1, -0.05) is 46.4 Å². The molecule has 0 aliphatic rings. The summed E-state index contributed by atoms with van der Waals surface area (Å²) in [6, 6.07) is 0. The lowest BCUT2D eigenvalue weighted by Crippen LogP contribution is -2.08. The first-order valence-electron chi connectivity index (χ1n) is 4.48. The van der Waals surface area contributed by atoms with Crippen LogP contribution < -0.4 is 9.47 Å². The van der Waals surface area contributed by atoms with Gasteiger partial charge >= 0.3 is 11.9 Å². The van der Waals surface area contributed by atoms with Gasteiger partial charge < -0.3 is 9.47 Å². The third-order valence-corrected chi connectivity index (χ3v) is 3.44. The molecule has 0 unspecified atom stereocenters. The molecule has 0 fully saturated rings. The standard InChI is InChI=1S/C10H6Cl4O4/c1-3(15)17-9-7(13)5(11)6(12)8(14)10(9)18-4(2)16/h1-2H3. The van der Waals surface area contributed by atoms with Gasteiger partial charge in [0.25, 0.3) is 0 Å². The van der Waals surface area contributed by atoms with E-state index in [4.69, 9.17) is 55.9 Å². The van der Waals surface area contributed by atoms with E-state index < -0.39 is 11.9 Å². The van der Waals surface area contributed by atoms with Crippen LogP contribution >= 0.6 is 46.4 Å². The number of ether oxygens (including phenoxy) is 2. The third-order valence-electron chi connectivity index (χ3n) is 1.67. The van der Waals surface area contributed by atoms with Crippen molar-refractivity contribution in [3.05, 3.63) is 20.1 Å². The summed E-state index contributed by atoms with van der Waals surface area (Å²) in [7, 11) is 0. The van der Waals surface area contributed by atoms with Crippen LogP contribution in [0.3, 0.4) is 0 Å². The highest BCUT2D eigenvalue weighted by Crippen LogP contribution is 2.50. The van der Waals surface area contributed by atoms with Gasteiger partial charge in [0.1, 0.15) is 10.0 Å². The summed E-state index contributed by atoms with van der Waals surface area (Å²) in [5.41, 5.74) is 0. The largest absolute Gasteiger partial charge is 0.421 e. The average Bonchev–Trinajstić information content (AvgIpc) is 2.27. The summed E-state index contributed by atoms with van der Waals surface area (Å²) in [6.45, 7) is 2.29. The van der Waals surface area contributed by atoms with Gasteiger partial charge in [-0.25, -0.2) is 0 Å². The zero-order valence-corrected chi connectivity index (χ0v) is 12.2. The molecule has 0 atom stereocenters. The molecule has 18 heavy (non-hydrogen) atoms. The molecule has 0 radical (unpaired) electrons. The van der Waals surface area contributed by atoms with E-state index in [0.717, 1.165) is 13.8 Å². The summed E-state index contributed by atoms with van der Waals surface area (Å²) < 4.78 is 9.64. The van der Waals surface area contributed by atoms with Crippen LogP contribution in [-0.2, 0) is 9.59 Å². The first kappa shape index (κ1) is 15.4. The van der Waals surface area contributed by atoms with Gasteiger partial charge in [-0.15, -0.1) is 0 Å². The number of carbonyl (C=O) groups excluding carboxylic acids is 2. The van der Waals surface area contributed by atoms with Gasteiger partial charge in [-0.3, -0.25) is 9.59 Å². The minimum atomic E-state index is -0.681. The number of hydrogen-bond acceptors (Lipinski definition) is 4. The van der Waals surface area contributed by atoms with E-state index in [0.29, 0.717) is 0 Å². The topological polar surface area (TPSA) is 52.6 Å². The number of rotatable bonds is 2. The minimum absolute atomic E-state index is 0.101. The van der Waals surface area contributed by atoms with Crippen molar-refractivity contribution in [1.29, 1.82) is 0 Å². The van der Waals surface area contributed by atoms with Crippen molar-refractivity contribution in [2.24, 2.45) is 0 Å². The predicted octanol–water partition coefficient (Wildman–Crippen LogP) is 4.15. The summed E-state index contributed by atoms with van der Waals surface area (Å²) in [6.07, 6.45) is 0. The molecular weight excluding hydrogens is 326 g/mol. The Kier molecular flexibility index (Phi) is 5.10. The fraction of sp³-hybridized carbons (Fsp3) is 0.200. The number of halogens is 4. The highest BCUT2D eigenvalue weighted by molar-refractivity contribution is 6.53. The molecule has 98 valence electrons. The van der Waals surface area contributed by atoms with E-state index in [1.54, 1.807) is 0 Å². The number of hydrogen-bond donors (Lipinski definition) is 0. The Hall–Kier alpha value is -0.680. The Morgan fingerprint density at radius 3 is 1.22 bits per heavy atom. The Bertz CT molecular complexity index is 480. The number of carbonyl (C=O) groups is 2. The minimum Gasteiger partial charge on any atom is -0.421 e. The summed E-state index contributed by atoms with van der Waals surface area (Å²) >= 11 is 23.3. The molecule has 0 saturated heterocycles. The Labute approximate surface area is 123 Å². The zero-order valence-electron chi connectivity index (χ0n) is 9.14. The third kappa shape index (κ3) is 3.20. The fourth-order valence-electron chi connectivity index (χ4n) is 1.06. The average molecular weight is 332 g/mol. The van der Waals surface area contributed by atoms with E-state index in [-0.39, 0.29) is 31.6 Å². The maximum absolute atomic E-state index is 11.0. The van der Waals surface area contributed by atoms with E-state index in [1.165, 1.54) is 0 Å². The molecule has 4 nitrogen and oxygen atoms in total. The smallest absolute Gasteiger partial charge is 0.308 e. The first-order chi connectivity index (χ1) is 8.25. The molecule has 1 aromatic rings. The van der Waals surface area contributed by atoms with Crippen LogP contribution in [0.15, 0.2) is 0 Å². The Balaban J connectivity index is 3.52. The van der Waals surface area contributed by atoms with Gasteiger partial charge in [0.15, 0.2) is 11.5 Å². The molecule has 1 aromatic carbocycles. The van der Waals surface area contributed by atoms with Crippen LogP contribution in [0.25, 0.3) is 0 Å². The van der Waals surface area contributed by atoms with Crippen molar-refractivity contribution in [1.82, 2.24) is 0 Å². The molecule has 0 heterocycles. The lowest BCUT2D eigenvalue weighted by molar-refractivity contribution is -0.134. The first-order valence-corrected chi connectivity index (χ1v) is 5.99. The SMILES string of the molecule is CC(=O)Oc1c(Cl)c(Cl)c(Cl)c(Cl)c1OC(C)=O. The van der Waals surface area contributed by atoms with Gasteiger partial charge in [0.05, 0.1) is 10.0 Å². The second kappa shape index (κ2) is 5.97. The molecule has 8 heteroatoms. The predicted molar refractivity (Wildman–Crippen MR) is 69.1 cm³/mol. The molecule has 0 aliphatic heterocycles. The van der Waals surface area contributed by atoms with Crippen molar-refractivity contribution in [2.45, 2.75) is 13.8 Å². The van der Waals surface area contributed by atoms with Crippen molar-refractivity contribution in [3.8, 4) is 11.5 Å². The second-order valence-electron chi connectivity index (χ2n) is 3.10. The summed E-state index contributed by atoms with van der Waals surface area (Å²) in [4.78, 5) is 21.9. The lowest BCUT2D eigenvalue weighted by atomic mass is 10.3. The van der Waals surface area contributed by atoms with Crippen molar-refractivity contribution >= 4 is 58.3 Å². The molecular formula is C10H6Cl4O4. The van der Waals surface area contributed by atoms with Gasteiger partial charge in [-0.05, 0) is 0 Å². The van der Waals surface area contributed by atoms with E-state index in [1.807, 2.05) is 0 Å². The molecule has 0 spiro atoms. The molecule has 0 bridgehead atoms. The normalized spacial score (nSPS) is 10.1. The maximum atomic E-state index is 11.0. The van der Waals surface area contributed by atoms with Crippen LogP contribution in [0.1, 0.15) is 13.8 Å². The second-order valence-corrected chi connectivity index (χ2v) is 4.61. The van der Waals surface area contributed by atoms with Gasteiger partial charge in [0, 0.05) is 13.8 Å². The molecule has 1 rings (SSSR count). The highest BCUT2D eigenvalue weighted by Gasteiger charge is 2.25. The van der Waals surface area contributed by atoms with Crippen molar-refractivity contribution in [3.63, 3.8) is 0 Å². The lowest BCUT2D eigenvalue weighted by Gasteiger charge is -2.14. The number of benzene rings is 1. The van der Waals surface area contributed by atoms with Crippen molar-refractivity contribution < 1.29 is 19.1 Å². The van der Waals surface area contributed by atoms with E-state index in [9.17, 15) is 9.59 Å². The van der Waals surface area contributed by atoms with Gasteiger partial charge in [0.2, 0.25) is 0 Å². The highest BCUT2D eigenvalue weighted by atomic mass is 35.5. The summed E-state index contributed by atoms with van der Waals surface area (Å²) in [5.74, 6) is -1.86. The van der Waals surface area contributed by atoms with E-state index in [2.05, 4.69) is 0 Å². The number of esters is 2. The summed E-state index contributed by atoms with van der Waals surface area (Å²) in [5, 5.41) is -0.541. The molecule has 0 aliphatic carbocycles. The maximum Gasteiger partial charge on any atom is 0.308 e. The Morgan fingerprint density at radius 1 is 0.722 bits per heavy atom. The van der Waals surface area contributed by atoms with Crippen LogP contribution in [0, 0.1) is 0 Å². The monoisotopic (exact) mass is 330 g/mol. The quantitative estimate of drug-likeness (QED) is 0.353.